The average Bonchev–Trinajstić information content (AvgIpc) is 2.38. The van der Waals surface area contributed by atoms with Crippen LogP contribution in [0, 0.1) is 6.92 Å². The topological polar surface area (TPSA) is 70.3 Å². The molecule has 5 nitrogen and oxygen atoms in total. The number of rotatable bonds is 8. The molecule has 1 rings (SSSR count). The van der Waals surface area contributed by atoms with Crippen LogP contribution >= 0.6 is 0 Å². The van der Waals surface area contributed by atoms with Gasteiger partial charge in [0.2, 0.25) is 5.88 Å². The predicted molar refractivity (Wildman–Crippen MR) is 71.8 cm³/mol. The maximum absolute atomic E-state index is 5.80. The van der Waals surface area contributed by atoms with E-state index >= 15 is 0 Å². The molecule has 0 amide bonds. The molecule has 1 aromatic heterocycles. The van der Waals surface area contributed by atoms with Gasteiger partial charge in [0.05, 0.1) is 12.2 Å². The van der Waals surface area contributed by atoms with Gasteiger partial charge >= 0.3 is 0 Å². The number of aromatic nitrogens is 2. The molecule has 0 aromatic carbocycles. The second-order valence-electron chi connectivity index (χ2n) is 4.12. The van der Waals surface area contributed by atoms with Crippen molar-refractivity contribution >= 4 is 5.82 Å². The maximum atomic E-state index is 5.80. The van der Waals surface area contributed by atoms with E-state index in [2.05, 4.69) is 16.9 Å². The van der Waals surface area contributed by atoms with Crippen LogP contribution in [-0.2, 0) is 11.2 Å². The van der Waals surface area contributed by atoms with E-state index in [1.165, 1.54) is 0 Å². The van der Waals surface area contributed by atoms with Crippen LogP contribution in [-0.4, -0.2) is 29.8 Å². The highest BCUT2D eigenvalue weighted by molar-refractivity contribution is 5.44. The molecule has 0 aliphatic rings. The fraction of sp³-hybridized carbons (Fsp3) is 0.692. The zero-order valence-electron chi connectivity index (χ0n) is 11.5. The molecule has 5 heteroatoms. The summed E-state index contributed by atoms with van der Waals surface area (Å²) in [5.41, 5.74) is 6.60. The van der Waals surface area contributed by atoms with Crippen molar-refractivity contribution in [2.45, 2.75) is 40.0 Å². The lowest BCUT2D eigenvalue weighted by molar-refractivity contribution is 0.0961. The van der Waals surface area contributed by atoms with Crippen molar-refractivity contribution < 1.29 is 9.47 Å². The minimum Gasteiger partial charge on any atom is -0.475 e. The van der Waals surface area contributed by atoms with Crippen LogP contribution in [0.15, 0.2) is 0 Å². The number of nitrogens with two attached hydrogens (primary N) is 1. The van der Waals surface area contributed by atoms with Gasteiger partial charge in [-0.3, -0.25) is 0 Å². The molecule has 0 aliphatic carbocycles. The number of hydrogen-bond donors (Lipinski definition) is 1. The number of hydrogen-bond acceptors (Lipinski definition) is 5. The second-order valence-corrected chi connectivity index (χ2v) is 4.12. The van der Waals surface area contributed by atoms with E-state index in [0.29, 0.717) is 30.7 Å². The lowest BCUT2D eigenvalue weighted by atomic mass is 10.3. The van der Waals surface area contributed by atoms with E-state index in [4.69, 9.17) is 15.2 Å². The molecule has 102 valence electrons. The molecule has 1 heterocycles. The summed E-state index contributed by atoms with van der Waals surface area (Å²) in [6.45, 7) is 7.84. The fourth-order valence-electron chi connectivity index (χ4n) is 1.40. The molecule has 0 spiro atoms. The molecular formula is C13H23N3O2. The Morgan fingerprint density at radius 1 is 1.11 bits per heavy atom. The molecule has 0 bridgehead atoms. The van der Waals surface area contributed by atoms with Gasteiger partial charge in [-0.1, -0.05) is 20.3 Å². The molecule has 2 N–H and O–H groups in total. The first-order valence-electron chi connectivity index (χ1n) is 6.52. The Morgan fingerprint density at radius 2 is 1.89 bits per heavy atom. The van der Waals surface area contributed by atoms with Gasteiger partial charge in [-0.25, -0.2) is 4.98 Å². The molecular weight excluding hydrogens is 230 g/mol. The summed E-state index contributed by atoms with van der Waals surface area (Å²) in [4.78, 5) is 8.49. The van der Waals surface area contributed by atoms with Crippen molar-refractivity contribution in [2.75, 3.05) is 25.6 Å². The molecule has 0 aliphatic heterocycles. The minimum atomic E-state index is 0.490. The molecule has 0 atom stereocenters. The van der Waals surface area contributed by atoms with Gasteiger partial charge in [-0.2, -0.15) is 4.98 Å². The number of ether oxygens (including phenoxy) is 2. The first kappa shape index (κ1) is 14.7. The summed E-state index contributed by atoms with van der Waals surface area (Å²) in [5, 5.41) is 0. The van der Waals surface area contributed by atoms with Crippen molar-refractivity contribution in [3.05, 3.63) is 11.4 Å². The molecule has 0 fully saturated rings. The van der Waals surface area contributed by atoms with Crippen LogP contribution in [0.2, 0.25) is 0 Å². The third-order valence-electron chi connectivity index (χ3n) is 2.61. The highest BCUT2D eigenvalue weighted by atomic mass is 16.5. The summed E-state index contributed by atoms with van der Waals surface area (Å²) in [6.07, 6.45) is 2.97. The summed E-state index contributed by atoms with van der Waals surface area (Å²) in [6, 6.07) is 0. The molecule has 0 radical (unpaired) electrons. The van der Waals surface area contributed by atoms with Crippen molar-refractivity contribution in [3.8, 4) is 5.88 Å². The number of nitrogens with zero attached hydrogens (tertiary/aromatic N) is 2. The first-order valence-corrected chi connectivity index (χ1v) is 6.52. The van der Waals surface area contributed by atoms with Crippen LogP contribution in [0.1, 0.15) is 38.1 Å². The largest absolute Gasteiger partial charge is 0.475 e. The van der Waals surface area contributed by atoms with Crippen LogP contribution in [0.4, 0.5) is 5.82 Å². The molecule has 1 aromatic rings. The molecule has 0 saturated carbocycles. The fourth-order valence-corrected chi connectivity index (χ4v) is 1.40. The third-order valence-corrected chi connectivity index (χ3v) is 2.61. The summed E-state index contributed by atoms with van der Waals surface area (Å²) >= 11 is 0. The predicted octanol–water partition coefficient (Wildman–Crippen LogP) is 2.13. The van der Waals surface area contributed by atoms with E-state index in [1.807, 2.05) is 13.8 Å². The zero-order chi connectivity index (χ0) is 13.4. The van der Waals surface area contributed by atoms with Crippen LogP contribution in [0.5, 0.6) is 5.88 Å². The van der Waals surface area contributed by atoms with Crippen molar-refractivity contribution in [3.63, 3.8) is 0 Å². The van der Waals surface area contributed by atoms with E-state index in [0.717, 1.165) is 31.4 Å². The van der Waals surface area contributed by atoms with Gasteiger partial charge in [0.25, 0.3) is 0 Å². The number of nitrogen functional groups attached to an aromatic ring is 1. The summed E-state index contributed by atoms with van der Waals surface area (Å²) in [5.74, 6) is 1.77. The Morgan fingerprint density at radius 3 is 2.56 bits per heavy atom. The van der Waals surface area contributed by atoms with Crippen molar-refractivity contribution in [2.24, 2.45) is 0 Å². The van der Waals surface area contributed by atoms with E-state index in [1.54, 1.807) is 0 Å². The van der Waals surface area contributed by atoms with Crippen LogP contribution in [0.3, 0.4) is 0 Å². The average molecular weight is 253 g/mol. The highest BCUT2D eigenvalue weighted by Gasteiger charge is 2.08. The molecule has 0 unspecified atom stereocenters. The smallest absolute Gasteiger partial charge is 0.221 e. The monoisotopic (exact) mass is 253 g/mol. The normalized spacial score (nSPS) is 10.6. The second kappa shape index (κ2) is 7.87. The summed E-state index contributed by atoms with van der Waals surface area (Å²) < 4.78 is 11.0. The lowest BCUT2D eigenvalue weighted by Crippen LogP contribution is -2.11. The third kappa shape index (κ3) is 4.49. The van der Waals surface area contributed by atoms with Gasteiger partial charge in [-0.05, 0) is 13.3 Å². The maximum Gasteiger partial charge on any atom is 0.221 e. The molecule has 0 saturated heterocycles. The van der Waals surface area contributed by atoms with Gasteiger partial charge < -0.3 is 15.2 Å². The van der Waals surface area contributed by atoms with Gasteiger partial charge in [0, 0.05) is 13.0 Å². The number of anilines is 1. The minimum absolute atomic E-state index is 0.490. The highest BCUT2D eigenvalue weighted by Crippen LogP contribution is 2.19. The van der Waals surface area contributed by atoms with Crippen molar-refractivity contribution in [1.29, 1.82) is 0 Å². The Balaban J connectivity index is 2.44. The quantitative estimate of drug-likeness (QED) is 0.719. The van der Waals surface area contributed by atoms with Gasteiger partial charge in [0.15, 0.2) is 0 Å². The SMILES string of the molecule is CCCCOCCOc1nc(CC)nc(N)c1C. The zero-order valence-corrected chi connectivity index (χ0v) is 11.5. The Kier molecular flexibility index (Phi) is 6.43. The van der Waals surface area contributed by atoms with E-state index < -0.39 is 0 Å². The number of unbranched alkanes of at least 4 members (excludes halogenated alkanes) is 1. The van der Waals surface area contributed by atoms with Gasteiger partial charge in [0.1, 0.15) is 18.2 Å². The number of aryl methyl sites for hydroxylation is 1. The lowest BCUT2D eigenvalue weighted by Gasteiger charge is -2.11. The molecule has 18 heavy (non-hydrogen) atoms. The first-order chi connectivity index (χ1) is 8.69. The summed E-state index contributed by atoms with van der Waals surface area (Å²) in [7, 11) is 0. The van der Waals surface area contributed by atoms with Gasteiger partial charge in [-0.15, -0.1) is 0 Å². The standard InChI is InChI=1S/C13H23N3O2/c1-4-6-7-17-8-9-18-13-10(3)12(14)15-11(5-2)16-13/h4-9H2,1-3H3,(H2,14,15,16). The Hall–Kier alpha value is -1.36. The van der Waals surface area contributed by atoms with E-state index in [9.17, 15) is 0 Å². The Bertz CT molecular complexity index is 369. The van der Waals surface area contributed by atoms with Crippen molar-refractivity contribution in [1.82, 2.24) is 9.97 Å². The Labute approximate surface area is 109 Å². The van der Waals surface area contributed by atoms with E-state index in [-0.39, 0.29) is 0 Å². The van der Waals surface area contributed by atoms with Crippen LogP contribution in [0.25, 0.3) is 0 Å². The van der Waals surface area contributed by atoms with Crippen LogP contribution < -0.4 is 10.5 Å².